The molecule has 0 N–H and O–H groups in total. The van der Waals surface area contributed by atoms with Crippen LogP contribution in [0, 0.1) is 0 Å². The minimum absolute atomic E-state index is 0.0133. The molecule has 2 aromatic heterocycles. The maximum absolute atomic E-state index is 13.4. The van der Waals surface area contributed by atoms with Crippen LogP contribution in [0.25, 0.3) is 22.3 Å². The quantitative estimate of drug-likeness (QED) is 0.404. The van der Waals surface area contributed by atoms with E-state index in [1.165, 1.54) is 0 Å². The number of fused-ring (bicyclic) bond motifs is 2. The van der Waals surface area contributed by atoms with Gasteiger partial charge >= 0.3 is 0 Å². The Balaban J connectivity index is 1.20. The van der Waals surface area contributed by atoms with Crippen LogP contribution in [-0.2, 0) is 7.05 Å². The molecule has 11 heteroatoms. The van der Waals surface area contributed by atoms with E-state index in [0.717, 1.165) is 10.9 Å². The van der Waals surface area contributed by atoms with Gasteiger partial charge in [0, 0.05) is 50.0 Å². The molecule has 194 valence electrons. The van der Waals surface area contributed by atoms with Crippen LogP contribution < -0.4 is 14.2 Å². The fourth-order valence-corrected chi connectivity index (χ4v) is 5.24. The molecule has 1 amide bonds. The number of hydrogen-bond donors (Lipinski definition) is 0. The zero-order valence-corrected chi connectivity index (χ0v) is 21.3. The van der Waals surface area contributed by atoms with E-state index < -0.39 is 5.60 Å². The van der Waals surface area contributed by atoms with Crippen molar-refractivity contribution in [2.45, 2.75) is 24.9 Å². The Bertz CT molecular complexity index is 1570. The standard InChI is InChI=1S/C27H26N6O5/c1-32-25(29-30-31-32)16-4-7-23-19(12-16)22(34)15-27(38-23)8-10-33(11-9-27)26(35)21-14-24(37-3)18-13-17(36-2)5-6-20(18)28-21/h4-7,12-14H,8-11,15H2,1-3H3. The summed E-state index contributed by atoms with van der Waals surface area (Å²) >= 11 is 0. The third-order valence-corrected chi connectivity index (χ3v) is 7.35. The molecule has 38 heavy (non-hydrogen) atoms. The predicted molar refractivity (Wildman–Crippen MR) is 137 cm³/mol. The summed E-state index contributed by atoms with van der Waals surface area (Å²) in [6.07, 6.45) is 1.34. The number of pyridine rings is 1. The first-order valence-electron chi connectivity index (χ1n) is 12.3. The van der Waals surface area contributed by atoms with E-state index in [0.29, 0.717) is 65.8 Å². The Morgan fingerprint density at radius 1 is 1.05 bits per heavy atom. The topological polar surface area (TPSA) is 122 Å². The molecule has 4 heterocycles. The Hall–Kier alpha value is -4.54. The molecule has 1 spiro atoms. The molecule has 1 fully saturated rings. The van der Waals surface area contributed by atoms with Crippen LogP contribution >= 0.6 is 0 Å². The van der Waals surface area contributed by atoms with Crippen molar-refractivity contribution in [3.63, 3.8) is 0 Å². The number of ketones is 1. The first-order chi connectivity index (χ1) is 18.4. The molecule has 0 unspecified atom stereocenters. The van der Waals surface area contributed by atoms with Crippen LogP contribution in [0.5, 0.6) is 17.2 Å². The van der Waals surface area contributed by atoms with E-state index in [-0.39, 0.29) is 18.1 Å². The van der Waals surface area contributed by atoms with Gasteiger partial charge in [0.15, 0.2) is 11.6 Å². The number of ether oxygens (including phenoxy) is 3. The highest BCUT2D eigenvalue weighted by Gasteiger charge is 2.44. The lowest BCUT2D eigenvalue weighted by Crippen LogP contribution is -2.52. The average molecular weight is 515 g/mol. The molecular formula is C27H26N6O5. The molecular weight excluding hydrogens is 488 g/mol. The van der Waals surface area contributed by atoms with Crippen molar-refractivity contribution >= 4 is 22.6 Å². The second-order valence-electron chi connectivity index (χ2n) is 9.61. The molecule has 0 bridgehead atoms. The van der Waals surface area contributed by atoms with Crippen molar-refractivity contribution in [3.8, 4) is 28.6 Å². The molecule has 0 atom stereocenters. The van der Waals surface area contributed by atoms with E-state index >= 15 is 0 Å². The molecule has 0 aliphatic carbocycles. The fourth-order valence-electron chi connectivity index (χ4n) is 5.24. The Labute approximate surface area is 218 Å². The van der Waals surface area contributed by atoms with Crippen molar-refractivity contribution in [3.05, 3.63) is 53.7 Å². The number of aromatic nitrogens is 5. The monoisotopic (exact) mass is 514 g/mol. The SMILES string of the molecule is COc1ccc2nc(C(=O)N3CCC4(CC3)CC(=O)c3cc(-c5nnnn5C)ccc3O4)cc(OC)c2c1. The first kappa shape index (κ1) is 23.8. The minimum atomic E-state index is -0.639. The van der Waals surface area contributed by atoms with Gasteiger partial charge in [0.2, 0.25) is 0 Å². The second-order valence-corrected chi connectivity index (χ2v) is 9.61. The number of amides is 1. The molecule has 2 aromatic carbocycles. The van der Waals surface area contributed by atoms with E-state index in [2.05, 4.69) is 20.5 Å². The third-order valence-electron chi connectivity index (χ3n) is 7.35. The Morgan fingerprint density at radius 2 is 1.87 bits per heavy atom. The average Bonchev–Trinajstić information content (AvgIpc) is 3.37. The molecule has 0 saturated carbocycles. The van der Waals surface area contributed by atoms with E-state index in [1.54, 1.807) is 55.1 Å². The van der Waals surface area contributed by atoms with Gasteiger partial charge in [0.05, 0.1) is 31.7 Å². The summed E-state index contributed by atoms with van der Waals surface area (Å²) in [5, 5.41) is 12.3. The van der Waals surface area contributed by atoms with E-state index in [1.807, 2.05) is 18.2 Å². The highest BCUT2D eigenvalue weighted by Crippen LogP contribution is 2.41. The molecule has 2 aliphatic rings. The van der Waals surface area contributed by atoms with Gasteiger partial charge < -0.3 is 19.1 Å². The lowest BCUT2D eigenvalue weighted by atomic mass is 9.82. The van der Waals surface area contributed by atoms with Gasteiger partial charge in [-0.15, -0.1) is 5.10 Å². The van der Waals surface area contributed by atoms with Crippen LogP contribution in [0.1, 0.15) is 40.1 Å². The van der Waals surface area contributed by atoms with Gasteiger partial charge in [-0.1, -0.05) is 0 Å². The van der Waals surface area contributed by atoms with Crippen LogP contribution in [0.15, 0.2) is 42.5 Å². The zero-order chi connectivity index (χ0) is 26.4. The fraction of sp³-hybridized carbons (Fsp3) is 0.333. The number of hydrogen-bond acceptors (Lipinski definition) is 9. The van der Waals surface area contributed by atoms with Crippen molar-refractivity contribution in [2.75, 3.05) is 27.3 Å². The summed E-state index contributed by atoms with van der Waals surface area (Å²) in [6, 6.07) is 12.5. The number of carbonyl (C=O) groups excluding carboxylic acids is 2. The summed E-state index contributed by atoms with van der Waals surface area (Å²) in [7, 11) is 4.91. The molecule has 11 nitrogen and oxygen atoms in total. The number of nitrogens with zero attached hydrogens (tertiary/aromatic N) is 6. The smallest absolute Gasteiger partial charge is 0.272 e. The Morgan fingerprint density at radius 3 is 2.58 bits per heavy atom. The van der Waals surface area contributed by atoms with E-state index in [9.17, 15) is 9.59 Å². The van der Waals surface area contributed by atoms with Crippen molar-refractivity contribution in [1.82, 2.24) is 30.1 Å². The summed E-state index contributed by atoms with van der Waals surface area (Å²) in [5.74, 6) is 2.20. The summed E-state index contributed by atoms with van der Waals surface area (Å²) in [6.45, 7) is 0.906. The van der Waals surface area contributed by atoms with Gasteiger partial charge in [0.25, 0.3) is 5.91 Å². The van der Waals surface area contributed by atoms with Crippen molar-refractivity contribution < 1.29 is 23.8 Å². The van der Waals surface area contributed by atoms with Gasteiger partial charge in [-0.05, 0) is 46.8 Å². The first-order valence-corrected chi connectivity index (χ1v) is 12.3. The zero-order valence-electron chi connectivity index (χ0n) is 21.3. The highest BCUT2D eigenvalue weighted by atomic mass is 16.5. The molecule has 1 saturated heterocycles. The number of tetrazole rings is 1. The minimum Gasteiger partial charge on any atom is -0.497 e. The van der Waals surface area contributed by atoms with Crippen molar-refractivity contribution in [2.24, 2.45) is 7.05 Å². The van der Waals surface area contributed by atoms with Crippen LogP contribution in [0.4, 0.5) is 0 Å². The van der Waals surface area contributed by atoms with Gasteiger partial charge in [-0.2, -0.15) is 0 Å². The number of aryl methyl sites for hydroxylation is 1. The molecule has 2 aliphatic heterocycles. The number of benzene rings is 2. The van der Waals surface area contributed by atoms with Gasteiger partial charge in [-0.3, -0.25) is 9.59 Å². The molecule has 4 aromatic rings. The maximum Gasteiger partial charge on any atom is 0.272 e. The van der Waals surface area contributed by atoms with Crippen LogP contribution in [-0.4, -0.2) is 74.7 Å². The molecule has 0 radical (unpaired) electrons. The van der Waals surface area contributed by atoms with Crippen LogP contribution in [0.3, 0.4) is 0 Å². The number of Topliss-reactive ketones (excluding diaryl/α,β-unsaturated/α-hetero) is 1. The normalized spacial score (nSPS) is 16.3. The molecule has 6 rings (SSSR count). The number of rotatable bonds is 4. The predicted octanol–water partition coefficient (Wildman–Crippen LogP) is 3.08. The number of methoxy groups -OCH3 is 2. The largest absolute Gasteiger partial charge is 0.497 e. The summed E-state index contributed by atoms with van der Waals surface area (Å²) in [4.78, 5) is 32.9. The summed E-state index contributed by atoms with van der Waals surface area (Å²) < 4.78 is 18.8. The van der Waals surface area contributed by atoms with E-state index in [4.69, 9.17) is 14.2 Å². The number of likely N-dealkylation sites (tertiary alicyclic amines) is 1. The number of carbonyl (C=O) groups is 2. The lowest BCUT2D eigenvalue weighted by Gasteiger charge is -2.44. The van der Waals surface area contributed by atoms with Gasteiger partial charge in [0.1, 0.15) is 28.5 Å². The summed E-state index contributed by atoms with van der Waals surface area (Å²) in [5.41, 5.74) is 1.60. The number of piperidine rings is 1. The van der Waals surface area contributed by atoms with Gasteiger partial charge in [-0.25, -0.2) is 9.67 Å². The highest BCUT2D eigenvalue weighted by molar-refractivity contribution is 6.01. The third kappa shape index (κ3) is 4.00. The Kier molecular flexibility index (Phi) is 5.70. The second kappa shape index (κ2) is 9.09. The maximum atomic E-state index is 13.4. The lowest BCUT2D eigenvalue weighted by molar-refractivity contribution is -0.00584. The van der Waals surface area contributed by atoms with Crippen LogP contribution in [0.2, 0.25) is 0 Å². The van der Waals surface area contributed by atoms with Crippen molar-refractivity contribution in [1.29, 1.82) is 0 Å².